The van der Waals surface area contributed by atoms with E-state index in [-0.39, 0.29) is 5.91 Å². The van der Waals surface area contributed by atoms with Crippen molar-refractivity contribution in [1.82, 2.24) is 15.3 Å². The van der Waals surface area contributed by atoms with Gasteiger partial charge in [0, 0.05) is 25.8 Å². The van der Waals surface area contributed by atoms with Crippen LogP contribution in [0.5, 0.6) is 0 Å². The van der Waals surface area contributed by atoms with Crippen LogP contribution in [0.25, 0.3) is 0 Å². The fourth-order valence-electron chi connectivity index (χ4n) is 2.73. The number of nitrogens with zero attached hydrogens (tertiary/aromatic N) is 3. The lowest BCUT2D eigenvalue weighted by Crippen LogP contribution is -2.27. The summed E-state index contributed by atoms with van der Waals surface area (Å²) in [6.07, 6.45) is 1.64. The van der Waals surface area contributed by atoms with Gasteiger partial charge in [-0.15, -0.1) is 0 Å². The molecule has 3 aromatic rings. The summed E-state index contributed by atoms with van der Waals surface area (Å²) in [4.78, 5) is 23.4. The predicted octanol–water partition coefficient (Wildman–Crippen LogP) is 3.74. The molecule has 0 aliphatic heterocycles. The minimum atomic E-state index is -0.199. The van der Waals surface area contributed by atoms with Crippen molar-refractivity contribution >= 4 is 11.9 Å². The molecule has 0 saturated heterocycles. The topological polar surface area (TPSA) is 58.1 Å². The highest BCUT2D eigenvalue weighted by atomic mass is 16.1. The summed E-state index contributed by atoms with van der Waals surface area (Å²) >= 11 is 0. The number of benzene rings is 2. The van der Waals surface area contributed by atoms with Gasteiger partial charge in [-0.1, -0.05) is 60.2 Å². The molecule has 1 heterocycles. The molecule has 0 radical (unpaired) electrons. The van der Waals surface area contributed by atoms with Crippen molar-refractivity contribution in [2.24, 2.45) is 0 Å². The highest BCUT2D eigenvalue weighted by Crippen LogP contribution is 2.12. The molecule has 2 aromatic carbocycles. The maximum Gasteiger partial charge on any atom is 0.270 e. The molecule has 0 bridgehead atoms. The van der Waals surface area contributed by atoms with Crippen LogP contribution >= 0.6 is 0 Å². The Morgan fingerprint density at radius 1 is 1.00 bits per heavy atom. The van der Waals surface area contributed by atoms with Gasteiger partial charge in [0.15, 0.2) is 0 Å². The normalized spacial score (nSPS) is 10.4. The van der Waals surface area contributed by atoms with E-state index in [0.717, 1.165) is 12.1 Å². The molecule has 0 aliphatic rings. The van der Waals surface area contributed by atoms with Crippen molar-refractivity contribution in [3.8, 4) is 0 Å². The average molecular weight is 360 g/mol. The average Bonchev–Trinajstić information content (AvgIpc) is 2.72. The van der Waals surface area contributed by atoms with Crippen molar-refractivity contribution < 1.29 is 4.79 Å². The SMILES string of the molecule is CCN(Cc1ccccc1)c1nccc(C(=O)NCc2ccc(C)cc2)n1. The van der Waals surface area contributed by atoms with Gasteiger partial charge in [-0.25, -0.2) is 9.97 Å². The van der Waals surface area contributed by atoms with E-state index in [1.165, 1.54) is 11.1 Å². The van der Waals surface area contributed by atoms with E-state index in [9.17, 15) is 4.79 Å². The van der Waals surface area contributed by atoms with Crippen LogP contribution in [0.2, 0.25) is 0 Å². The molecule has 1 aromatic heterocycles. The molecule has 0 unspecified atom stereocenters. The van der Waals surface area contributed by atoms with Crippen molar-refractivity contribution in [2.75, 3.05) is 11.4 Å². The maximum absolute atomic E-state index is 12.5. The van der Waals surface area contributed by atoms with Gasteiger partial charge in [0.2, 0.25) is 5.95 Å². The van der Waals surface area contributed by atoms with Crippen LogP contribution in [-0.4, -0.2) is 22.4 Å². The van der Waals surface area contributed by atoms with E-state index in [2.05, 4.69) is 34.3 Å². The second-order valence-corrected chi connectivity index (χ2v) is 6.41. The number of carbonyl (C=O) groups is 1. The number of rotatable bonds is 7. The van der Waals surface area contributed by atoms with Crippen molar-refractivity contribution in [3.05, 3.63) is 89.2 Å². The molecule has 0 fully saturated rings. The highest BCUT2D eigenvalue weighted by molar-refractivity contribution is 5.92. The van der Waals surface area contributed by atoms with Gasteiger partial charge in [0.25, 0.3) is 5.91 Å². The number of amides is 1. The monoisotopic (exact) mass is 360 g/mol. The molecule has 27 heavy (non-hydrogen) atoms. The molecule has 5 heteroatoms. The van der Waals surface area contributed by atoms with E-state index >= 15 is 0 Å². The van der Waals surface area contributed by atoms with Gasteiger partial charge in [-0.05, 0) is 31.0 Å². The molecule has 5 nitrogen and oxygen atoms in total. The fourth-order valence-corrected chi connectivity index (χ4v) is 2.73. The first kappa shape index (κ1) is 18.6. The summed E-state index contributed by atoms with van der Waals surface area (Å²) < 4.78 is 0. The Balaban J connectivity index is 1.67. The fraction of sp³-hybridized carbons (Fsp3) is 0.227. The van der Waals surface area contributed by atoms with Crippen LogP contribution < -0.4 is 10.2 Å². The van der Waals surface area contributed by atoms with Crippen LogP contribution in [0.4, 0.5) is 5.95 Å². The molecule has 0 saturated carbocycles. The van der Waals surface area contributed by atoms with Crippen LogP contribution in [-0.2, 0) is 13.1 Å². The third-order valence-corrected chi connectivity index (χ3v) is 4.33. The van der Waals surface area contributed by atoms with Crippen LogP contribution in [0.15, 0.2) is 66.9 Å². The minimum absolute atomic E-state index is 0.199. The maximum atomic E-state index is 12.5. The quantitative estimate of drug-likeness (QED) is 0.697. The number of hydrogen-bond donors (Lipinski definition) is 1. The molecule has 3 rings (SSSR count). The molecule has 1 amide bonds. The summed E-state index contributed by atoms with van der Waals surface area (Å²) in [5.41, 5.74) is 3.81. The summed E-state index contributed by atoms with van der Waals surface area (Å²) in [6, 6.07) is 19.9. The van der Waals surface area contributed by atoms with Gasteiger partial charge >= 0.3 is 0 Å². The summed E-state index contributed by atoms with van der Waals surface area (Å²) in [7, 11) is 0. The molecular formula is C22H24N4O. The second kappa shape index (κ2) is 8.94. The lowest BCUT2D eigenvalue weighted by Gasteiger charge is -2.21. The number of aromatic nitrogens is 2. The van der Waals surface area contributed by atoms with Crippen LogP contribution in [0.1, 0.15) is 34.1 Å². The van der Waals surface area contributed by atoms with E-state index in [1.807, 2.05) is 54.3 Å². The largest absolute Gasteiger partial charge is 0.347 e. The molecule has 0 spiro atoms. The lowest BCUT2D eigenvalue weighted by atomic mass is 10.1. The van der Waals surface area contributed by atoms with Gasteiger partial charge in [0.05, 0.1) is 0 Å². The Kier molecular flexibility index (Phi) is 6.15. The van der Waals surface area contributed by atoms with Crippen molar-refractivity contribution in [3.63, 3.8) is 0 Å². The first-order valence-corrected chi connectivity index (χ1v) is 9.11. The van der Waals surface area contributed by atoms with E-state index in [4.69, 9.17) is 0 Å². The Hall–Kier alpha value is -3.21. The summed E-state index contributed by atoms with van der Waals surface area (Å²) in [5.74, 6) is 0.360. The Morgan fingerprint density at radius 2 is 1.74 bits per heavy atom. The molecule has 0 atom stereocenters. The zero-order chi connectivity index (χ0) is 19.1. The number of hydrogen-bond acceptors (Lipinski definition) is 4. The van der Waals surface area contributed by atoms with Gasteiger partial charge < -0.3 is 10.2 Å². The van der Waals surface area contributed by atoms with E-state index < -0.39 is 0 Å². The third-order valence-electron chi connectivity index (χ3n) is 4.33. The highest BCUT2D eigenvalue weighted by Gasteiger charge is 2.13. The third kappa shape index (κ3) is 5.14. The van der Waals surface area contributed by atoms with Gasteiger partial charge in [0.1, 0.15) is 5.69 Å². The van der Waals surface area contributed by atoms with Crippen molar-refractivity contribution in [1.29, 1.82) is 0 Å². The van der Waals surface area contributed by atoms with Crippen molar-refractivity contribution in [2.45, 2.75) is 26.9 Å². The molecule has 0 aliphatic carbocycles. The predicted molar refractivity (Wildman–Crippen MR) is 108 cm³/mol. The Bertz CT molecular complexity index is 878. The number of anilines is 1. The molecular weight excluding hydrogens is 336 g/mol. The first-order valence-electron chi connectivity index (χ1n) is 9.11. The van der Waals surface area contributed by atoms with Gasteiger partial charge in [-0.3, -0.25) is 4.79 Å². The zero-order valence-electron chi connectivity index (χ0n) is 15.7. The second-order valence-electron chi connectivity index (χ2n) is 6.41. The van der Waals surface area contributed by atoms with E-state index in [1.54, 1.807) is 12.3 Å². The minimum Gasteiger partial charge on any atom is -0.347 e. The van der Waals surface area contributed by atoms with Gasteiger partial charge in [-0.2, -0.15) is 0 Å². The zero-order valence-corrected chi connectivity index (χ0v) is 15.7. The molecule has 1 N–H and O–H groups in total. The first-order chi connectivity index (χ1) is 13.2. The van der Waals surface area contributed by atoms with E-state index in [0.29, 0.717) is 24.7 Å². The number of aryl methyl sites for hydroxylation is 1. The molecule has 138 valence electrons. The van der Waals surface area contributed by atoms with Crippen LogP contribution in [0.3, 0.4) is 0 Å². The standard InChI is InChI=1S/C22H24N4O/c1-3-26(16-19-7-5-4-6-8-19)22-23-14-13-20(25-22)21(27)24-15-18-11-9-17(2)10-12-18/h4-14H,3,15-16H2,1-2H3,(H,24,27). The number of nitrogens with one attached hydrogen (secondary N) is 1. The lowest BCUT2D eigenvalue weighted by molar-refractivity contribution is 0.0946. The smallest absolute Gasteiger partial charge is 0.270 e. The summed E-state index contributed by atoms with van der Waals surface area (Å²) in [6.45, 7) is 6.02. The Morgan fingerprint density at radius 3 is 2.44 bits per heavy atom. The summed E-state index contributed by atoms with van der Waals surface area (Å²) in [5, 5.41) is 2.92. The van der Waals surface area contributed by atoms with Crippen LogP contribution in [0, 0.1) is 6.92 Å². The number of carbonyl (C=O) groups excluding carboxylic acids is 1. The Labute approximate surface area is 160 Å².